The molecule has 136 valence electrons. The molecule has 23 heavy (non-hydrogen) atoms. The van der Waals surface area contributed by atoms with Crippen LogP contribution in [0.1, 0.15) is 59.8 Å². The average molecular weight is 329 g/mol. The van der Waals surface area contributed by atoms with Crippen LogP contribution < -0.4 is 16.8 Å². The van der Waals surface area contributed by atoms with Gasteiger partial charge >= 0.3 is 0 Å². The molecule has 0 aromatic rings. The van der Waals surface area contributed by atoms with Crippen LogP contribution in [0.2, 0.25) is 0 Å². The van der Waals surface area contributed by atoms with E-state index in [4.69, 9.17) is 11.5 Å². The van der Waals surface area contributed by atoms with E-state index in [-0.39, 0.29) is 24.4 Å². The second kappa shape index (κ2) is 12.3. The van der Waals surface area contributed by atoms with Crippen molar-refractivity contribution in [1.29, 1.82) is 0 Å². The first-order valence-electron chi connectivity index (χ1n) is 8.85. The highest BCUT2D eigenvalue weighted by Crippen LogP contribution is 2.07. The van der Waals surface area contributed by atoms with Gasteiger partial charge in [-0.3, -0.25) is 9.59 Å². The quantitative estimate of drug-likeness (QED) is 0.469. The standard InChI is InChI=1S/C17H36N4O2/c1-5-10-21(17(23)15(19)11-13(2)3)12-16(22)20-14(4)8-6-7-9-18/h13-15H,5-12,18-19H2,1-4H3,(H,20,22). The molecular formula is C17H36N4O2. The summed E-state index contributed by atoms with van der Waals surface area (Å²) in [7, 11) is 0. The molecule has 0 aromatic heterocycles. The Morgan fingerprint density at radius 2 is 1.83 bits per heavy atom. The lowest BCUT2D eigenvalue weighted by Crippen LogP contribution is -2.49. The largest absolute Gasteiger partial charge is 0.352 e. The van der Waals surface area contributed by atoms with Gasteiger partial charge in [-0.1, -0.05) is 27.2 Å². The second-order valence-electron chi connectivity index (χ2n) is 6.75. The van der Waals surface area contributed by atoms with Gasteiger partial charge in [0.1, 0.15) is 0 Å². The number of rotatable bonds is 12. The molecule has 0 spiro atoms. The van der Waals surface area contributed by atoms with E-state index >= 15 is 0 Å². The summed E-state index contributed by atoms with van der Waals surface area (Å²) >= 11 is 0. The molecule has 0 aliphatic rings. The smallest absolute Gasteiger partial charge is 0.239 e. The van der Waals surface area contributed by atoms with E-state index in [9.17, 15) is 9.59 Å². The molecule has 0 heterocycles. The summed E-state index contributed by atoms with van der Waals surface area (Å²) < 4.78 is 0. The summed E-state index contributed by atoms with van der Waals surface area (Å²) in [6.45, 7) is 9.35. The minimum absolute atomic E-state index is 0.0830. The third-order valence-corrected chi connectivity index (χ3v) is 3.68. The van der Waals surface area contributed by atoms with Crippen molar-refractivity contribution in [3.8, 4) is 0 Å². The molecule has 6 nitrogen and oxygen atoms in total. The fourth-order valence-electron chi connectivity index (χ4n) is 2.54. The van der Waals surface area contributed by atoms with Gasteiger partial charge in [0, 0.05) is 12.6 Å². The molecule has 0 aliphatic heterocycles. The summed E-state index contributed by atoms with van der Waals surface area (Å²) in [5, 5.41) is 2.95. The zero-order chi connectivity index (χ0) is 17.8. The van der Waals surface area contributed by atoms with Crippen molar-refractivity contribution >= 4 is 11.8 Å². The molecule has 0 aromatic carbocycles. The zero-order valence-corrected chi connectivity index (χ0v) is 15.3. The number of amides is 2. The number of hydrogen-bond acceptors (Lipinski definition) is 4. The van der Waals surface area contributed by atoms with Gasteiger partial charge in [-0.05, 0) is 45.1 Å². The predicted molar refractivity (Wildman–Crippen MR) is 94.8 cm³/mol. The molecule has 2 atom stereocenters. The third-order valence-electron chi connectivity index (χ3n) is 3.68. The molecule has 0 fully saturated rings. The second-order valence-corrected chi connectivity index (χ2v) is 6.75. The average Bonchev–Trinajstić information content (AvgIpc) is 2.45. The summed E-state index contributed by atoms with van der Waals surface area (Å²) in [6, 6.07) is -0.437. The highest BCUT2D eigenvalue weighted by Gasteiger charge is 2.23. The summed E-state index contributed by atoms with van der Waals surface area (Å²) in [6.07, 6.45) is 4.30. The van der Waals surface area contributed by atoms with Crippen LogP contribution in [0.25, 0.3) is 0 Å². The van der Waals surface area contributed by atoms with E-state index in [0.717, 1.165) is 25.7 Å². The number of hydrogen-bond donors (Lipinski definition) is 3. The van der Waals surface area contributed by atoms with Crippen molar-refractivity contribution in [3.05, 3.63) is 0 Å². The molecule has 0 rings (SSSR count). The topological polar surface area (TPSA) is 101 Å². The zero-order valence-electron chi connectivity index (χ0n) is 15.3. The predicted octanol–water partition coefficient (Wildman–Crippen LogP) is 1.23. The fourth-order valence-corrected chi connectivity index (χ4v) is 2.54. The van der Waals surface area contributed by atoms with Crippen LogP contribution in [0, 0.1) is 5.92 Å². The van der Waals surface area contributed by atoms with E-state index in [1.54, 1.807) is 4.90 Å². The van der Waals surface area contributed by atoms with E-state index in [2.05, 4.69) is 5.32 Å². The van der Waals surface area contributed by atoms with Crippen molar-refractivity contribution in [3.63, 3.8) is 0 Å². The molecule has 5 N–H and O–H groups in total. The Bertz CT molecular complexity index is 347. The van der Waals surface area contributed by atoms with Crippen LogP contribution in [-0.4, -0.2) is 48.4 Å². The first-order chi connectivity index (χ1) is 10.8. The van der Waals surface area contributed by atoms with Crippen molar-refractivity contribution < 1.29 is 9.59 Å². The van der Waals surface area contributed by atoms with Crippen LogP contribution in [0.5, 0.6) is 0 Å². The maximum atomic E-state index is 12.4. The molecule has 0 aliphatic carbocycles. The van der Waals surface area contributed by atoms with E-state index in [1.807, 2.05) is 27.7 Å². The highest BCUT2D eigenvalue weighted by atomic mass is 16.2. The lowest BCUT2D eigenvalue weighted by molar-refractivity contribution is -0.137. The van der Waals surface area contributed by atoms with Gasteiger partial charge in [0.15, 0.2) is 0 Å². The van der Waals surface area contributed by atoms with E-state index < -0.39 is 6.04 Å². The first kappa shape index (κ1) is 21.9. The molecule has 2 unspecified atom stereocenters. The number of nitrogens with two attached hydrogens (primary N) is 2. The maximum absolute atomic E-state index is 12.4. The molecule has 0 bridgehead atoms. The monoisotopic (exact) mass is 328 g/mol. The lowest BCUT2D eigenvalue weighted by Gasteiger charge is -2.26. The summed E-state index contributed by atoms with van der Waals surface area (Å²) in [5.41, 5.74) is 11.4. The minimum atomic E-state index is -0.531. The van der Waals surface area contributed by atoms with Gasteiger partial charge in [-0.2, -0.15) is 0 Å². The number of carbonyl (C=O) groups excluding carboxylic acids is 2. The highest BCUT2D eigenvalue weighted by molar-refractivity contribution is 5.87. The Morgan fingerprint density at radius 1 is 1.17 bits per heavy atom. The van der Waals surface area contributed by atoms with Crippen LogP contribution in [0.3, 0.4) is 0 Å². The normalized spacial score (nSPS) is 13.7. The van der Waals surface area contributed by atoms with Crippen LogP contribution in [-0.2, 0) is 9.59 Å². The molecule has 6 heteroatoms. The Hall–Kier alpha value is -1.14. The lowest BCUT2D eigenvalue weighted by atomic mass is 10.0. The van der Waals surface area contributed by atoms with Gasteiger partial charge in [-0.15, -0.1) is 0 Å². The van der Waals surface area contributed by atoms with Crippen LogP contribution >= 0.6 is 0 Å². The number of unbranched alkanes of at least 4 members (excludes halogenated alkanes) is 1. The molecule has 0 radical (unpaired) electrons. The summed E-state index contributed by atoms with van der Waals surface area (Å²) in [5.74, 6) is 0.101. The first-order valence-corrected chi connectivity index (χ1v) is 8.85. The van der Waals surface area contributed by atoms with E-state index in [0.29, 0.717) is 25.4 Å². The SMILES string of the molecule is CCCN(CC(=O)NC(C)CCCCN)C(=O)C(N)CC(C)C. The van der Waals surface area contributed by atoms with Gasteiger partial charge in [0.05, 0.1) is 12.6 Å². The van der Waals surface area contributed by atoms with Gasteiger partial charge < -0.3 is 21.7 Å². The van der Waals surface area contributed by atoms with Crippen molar-refractivity contribution in [2.24, 2.45) is 17.4 Å². The number of carbonyl (C=O) groups is 2. The van der Waals surface area contributed by atoms with Crippen molar-refractivity contribution in [2.45, 2.75) is 71.9 Å². The molecular weight excluding hydrogens is 292 g/mol. The number of nitrogens with one attached hydrogen (secondary N) is 1. The van der Waals surface area contributed by atoms with Gasteiger partial charge in [-0.25, -0.2) is 0 Å². The Labute approximate surface area is 141 Å². The van der Waals surface area contributed by atoms with Gasteiger partial charge in [0.2, 0.25) is 11.8 Å². The summed E-state index contributed by atoms with van der Waals surface area (Å²) in [4.78, 5) is 26.1. The Morgan fingerprint density at radius 3 is 2.35 bits per heavy atom. The Kier molecular flexibility index (Phi) is 11.7. The van der Waals surface area contributed by atoms with Crippen molar-refractivity contribution in [2.75, 3.05) is 19.6 Å². The van der Waals surface area contributed by atoms with Crippen molar-refractivity contribution in [1.82, 2.24) is 10.2 Å². The molecule has 0 saturated carbocycles. The van der Waals surface area contributed by atoms with Crippen LogP contribution in [0.4, 0.5) is 0 Å². The van der Waals surface area contributed by atoms with Crippen LogP contribution in [0.15, 0.2) is 0 Å². The number of nitrogens with zero attached hydrogens (tertiary/aromatic N) is 1. The maximum Gasteiger partial charge on any atom is 0.239 e. The van der Waals surface area contributed by atoms with E-state index in [1.165, 1.54) is 0 Å². The minimum Gasteiger partial charge on any atom is -0.352 e. The molecule has 2 amide bonds. The Balaban J connectivity index is 4.44. The fraction of sp³-hybridized carbons (Fsp3) is 0.882. The molecule has 0 saturated heterocycles. The van der Waals surface area contributed by atoms with Gasteiger partial charge in [0.25, 0.3) is 0 Å². The third kappa shape index (κ3) is 10.3.